The number of methoxy groups -OCH3 is 1. The molecule has 0 aliphatic rings. The van der Waals surface area contributed by atoms with Crippen molar-refractivity contribution in [3.8, 4) is 23.0 Å². The number of aldehydes is 1. The first-order valence-corrected chi connectivity index (χ1v) is 7.64. The van der Waals surface area contributed by atoms with Crippen LogP contribution in [0, 0.1) is 13.8 Å². The number of hydrogen-bond acceptors (Lipinski definition) is 4. The molecule has 2 rings (SSSR count). The van der Waals surface area contributed by atoms with Crippen molar-refractivity contribution in [3.63, 3.8) is 0 Å². The molecule has 0 amide bonds. The molecule has 0 bridgehead atoms. The predicted octanol–water partition coefficient (Wildman–Crippen LogP) is 4.71. The Morgan fingerprint density at radius 1 is 1.04 bits per heavy atom. The fraction of sp³-hybridized carbons (Fsp3) is 0.316. The van der Waals surface area contributed by atoms with Gasteiger partial charge < -0.3 is 14.2 Å². The van der Waals surface area contributed by atoms with Crippen LogP contribution >= 0.6 is 0 Å². The van der Waals surface area contributed by atoms with Gasteiger partial charge in [-0.05, 0) is 55.7 Å². The highest BCUT2D eigenvalue weighted by Crippen LogP contribution is 2.41. The maximum Gasteiger partial charge on any atom is 0.204 e. The largest absolute Gasteiger partial charge is 0.493 e. The number of carbonyl (C=O) groups excluding carboxylic acids is 1. The standard InChI is InChI=1S/C19H22O4/c1-5-8-22-19-17(21-4)10-15(12-20)11-18(19)23-16-7-6-13(2)14(3)9-16/h6-7,9-12H,5,8H2,1-4H3. The summed E-state index contributed by atoms with van der Waals surface area (Å²) in [4.78, 5) is 11.2. The first-order chi connectivity index (χ1) is 11.1. The highest BCUT2D eigenvalue weighted by atomic mass is 16.5. The first-order valence-electron chi connectivity index (χ1n) is 7.64. The van der Waals surface area contributed by atoms with E-state index in [1.807, 2.05) is 39.0 Å². The molecule has 0 aliphatic heterocycles. The van der Waals surface area contributed by atoms with Crippen molar-refractivity contribution >= 4 is 6.29 Å². The molecule has 0 saturated heterocycles. The Hall–Kier alpha value is -2.49. The molecule has 2 aromatic rings. The second-order valence-electron chi connectivity index (χ2n) is 5.36. The van der Waals surface area contributed by atoms with Gasteiger partial charge in [0.25, 0.3) is 0 Å². The number of hydrogen-bond donors (Lipinski definition) is 0. The Bertz CT molecular complexity index is 692. The van der Waals surface area contributed by atoms with E-state index in [0.29, 0.717) is 35.2 Å². The second kappa shape index (κ2) is 7.68. The van der Waals surface area contributed by atoms with Gasteiger partial charge in [-0.2, -0.15) is 0 Å². The summed E-state index contributed by atoms with van der Waals surface area (Å²) in [6, 6.07) is 9.16. The molecule has 0 unspecified atom stereocenters. The molecular formula is C19H22O4. The molecule has 0 atom stereocenters. The lowest BCUT2D eigenvalue weighted by Crippen LogP contribution is -2.01. The van der Waals surface area contributed by atoms with Gasteiger partial charge in [-0.25, -0.2) is 0 Å². The molecule has 2 aromatic carbocycles. The van der Waals surface area contributed by atoms with Gasteiger partial charge in [-0.15, -0.1) is 0 Å². The fourth-order valence-electron chi connectivity index (χ4n) is 2.14. The minimum Gasteiger partial charge on any atom is -0.493 e. The van der Waals surface area contributed by atoms with Crippen molar-refractivity contribution in [2.24, 2.45) is 0 Å². The maximum atomic E-state index is 11.2. The van der Waals surface area contributed by atoms with Crippen molar-refractivity contribution < 1.29 is 19.0 Å². The lowest BCUT2D eigenvalue weighted by Gasteiger charge is -2.16. The number of rotatable bonds is 7. The molecule has 0 heterocycles. The lowest BCUT2D eigenvalue weighted by atomic mass is 10.1. The predicted molar refractivity (Wildman–Crippen MR) is 90.2 cm³/mol. The highest BCUT2D eigenvalue weighted by molar-refractivity contribution is 5.78. The first kappa shape index (κ1) is 16.9. The molecule has 0 spiro atoms. The third kappa shape index (κ3) is 4.03. The van der Waals surface area contributed by atoms with E-state index in [1.165, 1.54) is 5.56 Å². The maximum absolute atomic E-state index is 11.2. The molecule has 23 heavy (non-hydrogen) atoms. The lowest BCUT2D eigenvalue weighted by molar-refractivity contribution is 0.112. The minimum absolute atomic E-state index is 0.475. The van der Waals surface area contributed by atoms with Crippen molar-refractivity contribution in [1.29, 1.82) is 0 Å². The summed E-state index contributed by atoms with van der Waals surface area (Å²) in [7, 11) is 1.54. The molecule has 4 heteroatoms. The van der Waals surface area contributed by atoms with Crippen LogP contribution in [-0.2, 0) is 0 Å². The van der Waals surface area contributed by atoms with Crippen LogP contribution in [0.15, 0.2) is 30.3 Å². The van der Waals surface area contributed by atoms with Gasteiger partial charge in [0.2, 0.25) is 5.75 Å². The van der Waals surface area contributed by atoms with E-state index in [1.54, 1.807) is 19.2 Å². The van der Waals surface area contributed by atoms with Crippen molar-refractivity contribution in [1.82, 2.24) is 0 Å². The zero-order valence-electron chi connectivity index (χ0n) is 14.0. The summed E-state index contributed by atoms with van der Waals surface area (Å²) in [6.45, 7) is 6.64. The van der Waals surface area contributed by atoms with Crippen molar-refractivity contribution in [2.75, 3.05) is 13.7 Å². The average molecular weight is 314 g/mol. The Morgan fingerprint density at radius 3 is 2.39 bits per heavy atom. The number of carbonyl (C=O) groups is 1. The molecule has 4 nitrogen and oxygen atoms in total. The summed E-state index contributed by atoms with van der Waals surface area (Å²) in [5, 5.41) is 0. The number of benzene rings is 2. The topological polar surface area (TPSA) is 44.8 Å². The second-order valence-corrected chi connectivity index (χ2v) is 5.36. The summed E-state index contributed by atoms with van der Waals surface area (Å²) in [5.41, 5.74) is 2.81. The van der Waals surface area contributed by atoms with Crippen LogP contribution < -0.4 is 14.2 Å². The van der Waals surface area contributed by atoms with Gasteiger partial charge in [0.15, 0.2) is 11.5 Å². The highest BCUT2D eigenvalue weighted by Gasteiger charge is 2.15. The van der Waals surface area contributed by atoms with Gasteiger partial charge in [0.05, 0.1) is 13.7 Å². The van der Waals surface area contributed by atoms with E-state index in [9.17, 15) is 4.79 Å². The summed E-state index contributed by atoms with van der Waals surface area (Å²) >= 11 is 0. The monoisotopic (exact) mass is 314 g/mol. The smallest absolute Gasteiger partial charge is 0.204 e. The summed E-state index contributed by atoms with van der Waals surface area (Å²) < 4.78 is 17.1. The molecule has 122 valence electrons. The molecule has 0 aromatic heterocycles. The average Bonchev–Trinajstić information content (AvgIpc) is 2.56. The quantitative estimate of drug-likeness (QED) is 0.695. The summed E-state index contributed by atoms with van der Waals surface area (Å²) in [6.07, 6.45) is 1.63. The van der Waals surface area contributed by atoms with E-state index >= 15 is 0 Å². The van der Waals surface area contributed by atoms with Gasteiger partial charge in [0, 0.05) is 5.56 Å². The van der Waals surface area contributed by atoms with E-state index in [2.05, 4.69) is 0 Å². The Labute approximate surface area is 137 Å². The van der Waals surface area contributed by atoms with Crippen LogP contribution in [0.2, 0.25) is 0 Å². The van der Waals surface area contributed by atoms with Gasteiger partial charge in [-0.3, -0.25) is 4.79 Å². The van der Waals surface area contributed by atoms with Crippen LogP contribution in [0.5, 0.6) is 23.0 Å². The Balaban J connectivity index is 2.44. The van der Waals surface area contributed by atoms with Gasteiger partial charge >= 0.3 is 0 Å². The van der Waals surface area contributed by atoms with Crippen LogP contribution in [0.1, 0.15) is 34.8 Å². The third-order valence-corrected chi connectivity index (χ3v) is 3.56. The third-order valence-electron chi connectivity index (χ3n) is 3.56. The van der Waals surface area contributed by atoms with E-state index in [4.69, 9.17) is 14.2 Å². The molecule has 0 radical (unpaired) electrons. The fourth-order valence-corrected chi connectivity index (χ4v) is 2.14. The molecule has 0 saturated carbocycles. The zero-order valence-corrected chi connectivity index (χ0v) is 14.0. The molecule has 0 aliphatic carbocycles. The van der Waals surface area contributed by atoms with Crippen molar-refractivity contribution in [2.45, 2.75) is 27.2 Å². The Morgan fingerprint density at radius 2 is 1.78 bits per heavy atom. The summed E-state index contributed by atoms with van der Waals surface area (Å²) in [5.74, 6) is 2.17. The number of ether oxygens (including phenoxy) is 3. The van der Waals surface area contributed by atoms with Gasteiger partial charge in [0.1, 0.15) is 12.0 Å². The van der Waals surface area contributed by atoms with E-state index in [0.717, 1.165) is 18.3 Å². The number of aryl methyl sites for hydroxylation is 2. The molecule has 0 fully saturated rings. The van der Waals surface area contributed by atoms with Crippen LogP contribution in [-0.4, -0.2) is 20.0 Å². The van der Waals surface area contributed by atoms with Gasteiger partial charge in [-0.1, -0.05) is 13.0 Å². The van der Waals surface area contributed by atoms with E-state index < -0.39 is 0 Å². The molecular weight excluding hydrogens is 292 g/mol. The zero-order chi connectivity index (χ0) is 16.8. The minimum atomic E-state index is 0.475. The molecule has 0 N–H and O–H groups in total. The van der Waals surface area contributed by atoms with Crippen molar-refractivity contribution in [3.05, 3.63) is 47.0 Å². The van der Waals surface area contributed by atoms with E-state index in [-0.39, 0.29) is 0 Å². The SMILES string of the molecule is CCCOc1c(OC)cc(C=O)cc1Oc1ccc(C)c(C)c1. The Kier molecular flexibility index (Phi) is 5.63. The van der Waals surface area contributed by atoms with Crippen LogP contribution in [0.25, 0.3) is 0 Å². The van der Waals surface area contributed by atoms with Crippen LogP contribution in [0.4, 0.5) is 0 Å². The van der Waals surface area contributed by atoms with Crippen LogP contribution in [0.3, 0.4) is 0 Å². The normalized spacial score (nSPS) is 10.3.